The molecular formula is C12H18N4O. The number of nitrogens with zero attached hydrogens (tertiary/aromatic N) is 3. The van der Waals surface area contributed by atoms with Crippen LogP contribution in [0.15, 0.2) is 12.3 Å². The topological polar surface area (TPSA) is 75.2 Å². The van der Waals surface area contributed by atoms with Crippen molar-refractivity contribution in [3.8, 4) is 6.07 Å². The lowest BCUT2D eigenvalue weighted by Crippen LogP contribution is -2.28. The molecule has 0 unspecified atom stereocenters. The largest absolute Gasteiger partial charge is 0.397 e. The molecule has 0 spiro atoms. The zero-order valence-electron chi connectivity index (χ0n) is 10.3. The highest BCUT2D eigenvalue weighted by molar-refractivity contribution is 5.58. The maximum Gasteiger partial charge on any atom is 0.146 e. The van der Waals surface area contributed by atoms with E-state index in [-0.39, 0.29) is 0 Å². The van der Waals surface area contributed by atoms with Gasteiger partial charge in [-0.1, -0.05) is 0 Å². The van der Waals surface area contributed by atoms with Gasteiger partial charge in [0.25, 0.3) is 0 Å². The number of pyridine rings is 1. The van der Waals surface area contributed by atoms with Crippen LogP contribution in [0.25, 0.3) is 0 Å². The molecule has 0 radical (unpaired) electrons. The van der Waals surface area contributed by atoms with E-state index in [1.54, 1.807) is 12.3 Å². The maximum absolute atomic E-state index is 9.06. The first-order valence-electron chi connectivity index (χ1n) is 5.71. The predicted molar refractivity (Wildman–Crippen MR) is 67.7 cm³/mol. The summed E-state index contributed by atoms with van der Waals surface area (Å²) in [6.45, 7) is 6.79. The minimum absolute atomic E-state index is 0.503. The molecule has 0 aliphatic heterocycles. The number of anilines is 2. The Kier molecular flexibility index (Phi) is 5.24. The summed E-state index contributed by atoms with van der Waals surface area (Å²) in [6, 6.07) is 3.76. The van der Waals surface area contributed by atoms with Crippen molar-refractivity contribution in [2.24, 2.45) is 0 Å². The Morgan fingerprint density at radius 2 is 2.29 bits per heavy atom. The Balaban J connectivity index is 2.84. The second-order valence-electron chi connectivity index (χ2n) is 3.53. The van der Waals surface area contributed by atoms with Crippen molar-refractivity contribution in [1.82, 2.24) is 4.98 Å². The Morgan fingerprint density at radius 1 is 1.53 bits per heavy atom. The van der Waals surface area contributed by atoms with Crippen molar-refractivity contribution in [2.45, 2.75) is 13.8 Å². The van der Waals surface area contributed by atoms with Gasteiger partial charge in [0.2, 0.25) is 0 Å². The van der Waals surface area contributed by atoms with Gasteiger partial charge in [0, 0.05) is 19.7 Å². The van der Waals surface area contributed by atoms with Crippen molar-refractivity contribution in [3.05, 3.63) is 17.8 Å². The lowest BCUT2D eigenvalue weighted by molar-refractivity contribution is 0.154. The molecule has 0 bridgehead atoms. The Labute approximate surface area is 102 Å². The summed E-state index contributed by atoms with van der Waals surface area (Å²) in [4.78, 5) is 6.23. The van der Waals surface area contributed by atoms with Crippen LogP contribution in [-0.4, -0.2) is 31.3 Å². The van der Waals surface area contributed by atoms with Gasteiger partial charge in [0.15, 0.2) is 0 Å². The summed E-state index contributed by atoms with van der Waals surface area (Å²) < 4.78 is 5.31. The van der Waals surface area contributed by atoms with Gasteiger partial charge < -0.3 is 15.4 Å². The first kappa shape index (κ1) is 13.3. The van der Waals surface area contributed by atoms with E-state index >= 15 is 0 Å². The van der Waals surface area contributed by atoms with Crippen LogP contribution in [0.1, 0.15) is 19.4 Å². The number of nitrogen functional groups attached to an aromatic ring is 1. The molecule has 1 heterocycles. The molecule has 1 rings (SSSR count). The van der Waals surface area contributed by atoms with Crippen LogP contribution in [0.3, 0.4) is 0 Å². The van der Waals surface area contributed by atoms with Gasteiger partial charge in [-0.2, -0.15) is 5.26 Å². The Hall–Kier alpha value is -1.80. The molecule has 2 N–H and O–H groups in total. The number of aromatic nitrogens is 1. The molecule has 1 aromatic heterocycles. The van der Waals surface area contributed by atoms with Crippen LogP contribution in [0.2, 0.25) is 0 Å². The number of hydrogen-bond donors (Lipinski definition) is 1. The summed E-state index contributed by atoms with van der Waals surface area (Å²) in [5, 5.41) is 9.06. The van der Waals surface area contributed by atoms with Gasteiger partial charge in [-0.05, 0) is 19.9 Å². The summed E-state index contributed by atoms with van der Waals surface area (Å²) in [5.74, 6) is 0.670. The molecule has 0 saturated carbocycles. The van der Waals surface area contributed by atoms with Crippen molar-refractivity contribution in [2.75, 3.05) is 36.9 Å². The third kappa shape index (κ3) is 3.61. The number of nitrogens with two attached hydrogens (primary N) is 1. The van der Waals surface area contributed by atoms with Crippen LogP contribution in [0.4, 0.5) is 11.5 Å². The fourth-order valence-electron chi connectivity index (χ4n) is 1.54. The molecule has 17 heavy (non-hydrogen) atoms. The smallest absolute Gasteiger partial charge is 0.146 e. The summed E-state index contributed by atoms with van der Waals surface area (Å²) in [5.41, 5.74) is 6.62. The molecule has 0 aliphatic carbocycles. The molecule has 0 aromatic carbocycles. The van der Waals surface area contributed by atoms with Crippen molar-refractivity contribution in [3.63, 3.8) is 0 Å². The van der Waals surface area contributed by atoms with E-state index in [9.17, 15) is 0 Å². The predicted octanol–water partition coefficient (Wildman–Crippen LogP) is 1.40. The second-order valence-corrected chi connectivity index (χ2v) is 3.53. The van der Waals surface area contributed by atoms with Gasteiger partial charge in [0.1, 0.15) is 11.9 Å². The molecule has 5 heteroatoms. The minimum Gasteiger partial charge on any atom is -0.397 e. The molecule has 5 nitrogen and oxygen atoms in total. The monoisotopic (exact) mass is 234 g/mol. The summed E-state index contributed by atoms with van der Waals surface area (Å²) in [7, 11) is 0. The van der Waals surface area contributed by atoms with Crippen molar-refractivity contribution in [1.29, 1.82) is 5.26 Å². The molecule has 0 aliphatic rings. The molecule has 0 saturated heterocycles. The van der Waals surface area contributed by atoms with E-state index in [1.807, 2.05) is 18.7 Å². The summed E-state index contributed by atoms with van der Waals surface area (Å²) >= 11 is 0. The average molecular weight is 234 g/mol. The lowest BCUT2D eigenvalue weighted by Gasteiger charge is -2.22. The van der Waals surface area contributed by atoms with Crippen molar-refractivity contribution < 1.29 is 4.74 Å². The Morgan fingerprint density at radius 3 is 2.88 bits per heavy atom. The number of nitriles is 1. The van der Waals surface area contributed by atoms with Gasteiger partial charge in [0.05, 0.1) is 24.1 Å². The first-order chi connectivity index (χ1) is 8.22. The van der Waals surface area contributed by atoms with Crippen LogP contribution in [-0.2, 0) is 4.74 Å². The molecule has 1 aromatic rings. The molecule has 0 fully saturated rings. The number of ether oxygens (including phenoxy) is 1. The van der Waals surface area contributed by atoms with Crippen molar-refractivity contribution >= 4 is 11.5 Å². The maximum atomic E-state index is 9.06. The molecule has 0 atom stereocenters. The molecule has 0 amide bonds. The second kappa shape index (κ2) is 6.71. The highest BCUT2D eigenvalue weighted by atomic mass is 16.5. The fourth-order valence-corrected chi connectivity index (χ4v) is 1.54. The molecular weight excluding hydrogens is 216 g/mol. The van der Waals surface area contributed by atoms with E-state index in [2.05, 4.69) is 11.1 Å². The third-order valence-corrected chi connectivity index (χ3v) is 2.40. The first-order valence-corrected chi connectivity index (χ1v) is 5.71. The quantitative estimate of drug-likeness (QED) is 0.753. The van der Waals surface area contributed by atoms with E-state index in [1.165, 1.54) is 0 Å². The van der Waals surface area contributed by atoms with E-state index in [0.29, 0.717) is 30.3 Å². The zero-order valence-corrected chi connectivity index (χ0v) is 10.3. The molecule has 92 valence electrons. The van der Waals surface area contributed by atoms with Gasteiger partial charge >= 0.3 is 0 Å². The minimum atomic E-state index is 0.503. The van der Waals surface area contributed by atoms with E-state index < -0.39 is 0 Å². The highest BCUT2D eigenvalue weighted by Gasteiger charge is 2.11. The van der Waals surface area contributed by atoms with Gasteiger partial charge in [-0.15, -0.1) is 0 Å². The van der Waals surface area contributed by atoms with Gasteiger partial charge in [-0.25, -0.2) is 4.98 Å². The SMILES string of the molecule is CCOCCN(CC)c1ncc(N)cc1C#N. The van der Waals surface area contributed by atoms with E-state index in [4.69, 9.17) is 15.7 Å². The zero-order chi connectivity index (χ0) is 12.7. The van der Waals surface area contributed by atoms with Crippen LogP contribution in [0.5, 0.6) is 0 Å². The third-order valence-electron chi connectivity index (χ3n) is 2.40. The van der Waals surface area contributed by atoms with Gasteiger partial charge in [-0.3, -0.25) is 0 Å². The number of likely N-dealkylation sites (N-methyl/N-ethyl adjacent to an activating group) is 1. The van der Waals surface area contributed by atoms with E-state index in [0.717, 1.165) is 13.1 Å². The van der Waals surface area contributed by atoms with Crippen LogP contribution in [0, 0.1) is 11.3 Å². The summed E-state index contributed by atoms with van der Waals surface area (Å²) in [6.07, 6.45) is 1.57. The van der Waals surface area contributed by atoms with Crippen LogP contribution >= 0.6 is 0 Å². The standard InChI is InChI=1S/C12H18N4O/c1-3-16(5-6-17-4-2)12-10(8-13)7-11(14)9-15-12/h7,9H,3-6,14H2,1-2H3. The number of hydrogen-bond acceptors (Lipinski definition) is 5. The fraction of sp³-hybridized carbons (Fsp3) is 0.500. The normalized spacial score (nSPS) is 9.94. The number of rotatable bonds is 6. The van der Waals surface area contributed by atoms with Crippen LogP contribution < -0.4 is 10.6 Å². The highest BCUT2D eigenvalue weighted by Crippen LogP contribution is 2.18. The Bertz CT molecular complexity index is 400. The average Bonchev–Trinajstić information content (AvgIpc) is 2.35. The lowest BCUT2D eigenvalue weighted by atomic mass is 10.2.